The van der Waals surface area contributed by atoms with E-state index in [9.17, 15) is 0 Å². The molecule has 0 aromatic rings. The molecule has 1 N–H and O–H groups in total. The van der Waals surface area contributed by atoms with Gasteiger partial charge in [-0.15, -0.1) is 23.2 Å². The predicted octanol–water partition coefficient (Wildman–Crippen LogP) is -1.71. The molecule has 6 heavy (non-hydrogen) atoms. The van der Waals surface area contributed by atoms with E-state index in [1.807, 2.05) is 0 Å². The van der Waals surface area contributed by atoms with E-state index in [4.69, 9.17) is 23.2 Å². The monoisotopic (exact) mass is 138 g/mol. The Balaban J connectivity index is -0.0000000450. The third-order valence-corrected chi connectivity index (χ3v) is 0.643. The second kappa shape index (κ2) is 16.0. The zero-order valence-electron chi connectivity index (χ0n) is 3.62. The summed E-state index contributed by atoms with van der Waals surface area (Å²) in [5.41, 5.74) is 0. The fraction of sp³-hybridized carbons (Fsp3) is 1.00. The number of halogens is 2. The fourth-order valence-corrected chi connectivity index (χ4v) is 0. The number of hydrogen-bond donors (Lipinski definition) is 0. The molecule has 0 aliphatic rings. The van der Waals surface area contributed by atoms with Gasteiger partial charge in [-0.25, -0.2) is 0 Å². The van der Waals surface area contributed by atoms with Crippen molar-refractivity contribution in [3.8, 4) is 0 Å². The third-order valence-electron chi connectivity index (χ3n) is 0.0714. The van der Waals surface area contributed by atoms with Crippen molar-refractivity contribution >= 4 is 23.2 Å². The molecule has 0 bridgehead atoms. The molecule has 0 aliphatic heterocycles. The summed E-state index contributed by atoms with van der Waals surface area (Å²) in [4.78, 5) is 0. The molecule has 0 saturated carbocycles. The Hall–Kier alpha value is 1.54. The summed E-state index contributed by atoms with van der Waals surface area (Å²) < 4.78 is 0. The van der Waals surface area contributed by atoms with Crippen LogP contribution >= 0.6 is 23.2 Å². The van der Waals surface area contributed by atoms with Crippen molar-refractivity contribution in [2.75, 3.05) is 11.8 Å². The van der Waals surface area contributed by atoms with Crippen LogP contribution in [0.15, 0.2) is 0 Å². The van der Waals surface area contributed by atoms with Gasteiger partial charge in [0, 0.05) is 11.8 Å². The average Bonchev–Trinajstić information content (AvgIpc) is 1.37. The molecule has 0 saturated heterocycles. The van der Waals surface area contributed by atoms with Crippen molar-refractivity contribution in [3.05, 3.63) is 0 Å². The number of alkyl halides is 2. The normalized spacial score (nSPS) is 5.00. The molecule has 4 heteroatoms. The molecular weight excluding hydrogens is 134 g/mol. The fourth-order valence-electron chi connectivity index (χ4n) is 0. The van der Waals surface area contributed by atoms with Crippen molar-refractivity contribution < 1.29 is 35.0 Å². The van der Waals surface area contributed by atoms with Gasteiger partial charge < -0.3 is 5.48 Å². The predicted molar refractivity (Wildman–Crippen MR) is 23.4 cm³/mol. The van der Waals surface area contributed by atoms with Gasteiger partial charge in [-0.3, -0.25) is 0 Å². The van der Waals surface area contributed by atoms with Gasteiger partial charge >= 0.3 is 29.6 Å². The summed E-state index contributed by atoms with van der Waals surface area (Å²) in [5.74, 6) is 1.11. The number of hydrogen-bond acceptors (Lipinski definition) is 1. The quantitative estimate of drug-likeness (QED) is 0.314. The first-order chi connectivity index (χ1) is 1.91. The molecule has 0 aromatic heterocycles. The molecule has 0 aromatic carbocycles. The maximum atomic E-state index is 5.05. The van der Waals surface area contributed by atoms with Crippen LogP contribution in [0.4, 0.5) is 0 Å². The zero-order valence-corrected chi connectivity index (χ0v) is 7.13. The Morgan fingerprint density at radius 2 is 1.17 bits per heavy atom. The van der Waals surface area contributed by atoms with Crippen LogP contribution in [0.5, 0.6) is 0 Å². The van der Waals surface area contributed by atoms with Gasteiger partial charge in [0.15, 0.2) is 0 Å². The van der Waals surface area contributed by atoms with E-state index in [1.54, 1.807) is 0 Å². The Labute approximate surface area is 69.6 Å². The van der Waals surface area contributed by atoms with Crippen LogP contribution in [0.25, 0.3) is 0 Å². The largest absolute Gasteiger partial charge is 1.00 e. The van der Waals surface area contributed by atoms with E-state index in [2.05, 4.69) is 0 Å². The van der Waals surface area contributed by atoms with Crippen LogP contribution in [-0.4, -0.2) is 17.2 Å². The molecule has 0 unspecified atom stereocenters. The van der Waals surface area contributed by atoms with Crippen molar-refractivity contribution in [1.82, 2.24) is 0 Å². The maximum absolute atomic E-state index is 5.05. The molecule has 0 spiro atoms. The molecule has 0 rings (SSSR count). The molecule has 0 atom stereocenters. The Morgan fingerprint density at radius 1 is 1.00 bits per heavy atom. The first-order valence-corrected chi connectivity index (χ1v) is 2.10. The molecule has 0 fully saturated rings. The summed E-state index contributed by atoms with van der Waals surface area (Å²) in [5, 5.41) is 0. The van der Waals surface area contributed by atoms with Crippen molar-refractivity contribution in [2.24, 2.45) is 0 Å². The Morgan fingerprint density at radius 3 is 1.17 bits per heavy atom. The van der Waals surface area contributed by atoms with E-state index < -0.39 is 0 Å². The topological polar surface area (TPSA) is 30.0 Å². The third kappa shape index (κ3) is 17.7. The Bertz CT molecular complexity index is 13.5. The average molecular weight is 139 g/mol. The molecule has 0 aliphatic carbocycles. The molecule has 1 nitrogen and oxygen atoms in total. The van der Waals surface area contributed by atoms with Crippen LogP contribution in [-0.2, 0) is 0 Å². The second-order valence-electron chi connectivity index (χ2n) is 0.378. The summed E-state index contributed by atoms with van der Waals surface area (Å²) in [6.07, 6.45) is 0. The van der Waals surface area contributed by atoms with Crippen LogP contribution in [0.1, 0.15) is 0 Å². The van der Waals surface area contributed by atoms with Crippen LogP contribution in [0.2, 0.25) is 0 Å². The van der Waals surface area contributed by atoms with E-state index in [-0.39, 0.29) is 35.0 Å². The first kappa shape index (κ1) is 15.6. The first-order valence-electron chi connectivity index (χ1n) is 1.03. The van der Waals surface area contributed by atoms with E-state index in [0.717, 1.165) is 0 Å². The van der Waals surface area contributed by atoms with Gasteiger partial charge in [-0.2, -0.15) is 0 Å². The number of rotatable bonds is 1. The van der Waals surface area contributed by atoms with Gasteiger partial charge in [0.1, 0.15) is 0 Å². The minimum atomic E-state index is 0. The smallest absolute Gasteiger partial charge is 0.870 e. The van der Waals surface area contributed by atoms with Crippen LogP contribution in [0, 0.1) is 0 Å². The van der Waals surface area contributed by atoms with Crippen molar-refractivity contribution in [2.45, 2.75) is 0 Å². The minimum Gasteiger partial charge on any atom is -0.870 e. The molecular formula is C2H5Cl2NaO. The maximum Gasteiger partial charge on any atom is 1.00 e. The molecule has 0 heterocycles. The summed E-state index contributed by atoms with van der Waals surface area (Å²) in [6.45, 7) is 0. The minimum absolute atomic E-state index is 0. The van der Waals surface area contributed by atoms with Gasteiger partial charge in [-0.1, -0.05) is 0 Å². The van der Waals surface area contributed by atoms with Gasteiger partial charge in [-0.05, 0) is 0 Å². The second-order valence-corrected chi connectivity index (χ2v) is 1.13. The van der Waals surface area contributed by atoms with E-state index in [0.29, 0.717) is 11.8 Å². The zero-order chi connectivity index (χ0) is 3.41. The summed E-state index contributed by atoms with van der Waals surface area (Å²) >= 11 is 10.1. The molecule has 0 radical (unpaired) electrons. The molecule has 0 amide bonds. The summed E-state index contributed by atoms with van der Waals surface area (Å²) in [7, 11) is 0. The van der Waals surface area contributed by atoms with E-state index >= 15 is 0 Å². The van der Waals surface area contributed by atoms with Gasteiger partial charge in [0.25, 0.3) is 0 Å². The Kier molecular flexibility index (Phi) is 41.8. The van der Waals surface area contributed by atoms with Crippen molar-refractivity contribution in [1.29, 1.82) is 0 Å². The van der Waals surface area contributed by atoms with Gasteiger partial charge in [0.05, 0.1) is 0 Å². The van der Waals surface area contributed by atoms with Gasteiger partial charge in [0.2, 0.25) is 0 Å². The summed E-state index contributed by atoms with van der Waals surface area (Å²) in [6, 6.07) is 0. The van der Waals surface area contributed by atoms with Crippen LogP contribution < -0.4 is 29.6 Å². The standard InChI is InChI=1S/C2H4Cl2.Na.H2O/c3-1-2-4;;/h1-2H2;;1H2/q;+1;/p-1. The van der Waals surface area contributed by atoms with Crippen molar-refractivity contribution in [3.63, 3.8) is 0 Å². The van der Waals surface area contributed by atoms with Crippen LogP contribution in [0.3, 0.4) is 0 Å². The van der Waals surface area contributed by atoms with E-state index in [1.165, 1.54) is 0 Å². The molecule has 34 valence electrons. The SMILES string of the molecule is ClCCCl.[Na+].[OH-].